The summed E-state index contributed by atoms with van der Waals surface area (Å²) >= 11 is 0. The van der Waals surface area contributed by atoms with Gasteiger partial charge in [0.1, 0.15) is 5.56 Å². The Hall–Kier alpha value is -4.54. The fourth-order valence-corrected chi connectivity index (χ4v) is 4.16. The number of carbonyl (C=O) groups excluding carboxylic acids is 2. The second-order valence-corrected chi connectivity index (χ2v) is 8.36. The Morgan fingerprint density at radius 3 is 2.59 bits per heavy atom. The number of hydrogen-bond donors (Lipinski definition) is 2. The molecule has 4 rings (SSSR count). The third-order valence-corrected chi connectivity index (χ3v) is 5.88. The first-order valence-corrected chi connectivity index (χ1v) is 11.2. The molecule has 0 saturated heterocycles. The van der Waals surface area contributed by atoms with E-state index in [-0.39, 0.29) is 29.1 Å². The van der Waals surface area contributed by atoms with Gasteiger partial charge in [-0.15, -0.1) is 0 Å². The van der Waals surface area contributed by atoms with Gasteiger partial charge in [-0.05, 0) is 55.0 Å². The molecule has 3 N–H and O–H groups in total. The van der Waals surface area contributed by atoms with E-state index in [1.54, 1.807) is 24.4 Å². The smallest absolute Gasteiger partial charge is 0.369 e. The molecule has 2 atom stereocenters. The molecule has 11 heteroatoms. The Morgan fingerprint density at radius 1 is 1.14 bits per heavy atom. The second-order valence-electron chi connectivity index (χ2n) is 8.36. The molecular weight excluding hydrogens is 487 g/mol. The predicted molar refractivity (Wildman–Crippen MR) is 130 cm³/mol. The topological polar surface area (TPSA) is 119 Å². The molecule has 3 aromatic rings. The molecule has 0 radical (unpaired) electrons. The maximum atomic E-state index is 13.8. The van der Waals surface area contributed by atoms with Gasteiger partial charge in [-0.1, -0.05) is 18.2 Å². The summed E-state index contributed by atoms with van der Waals surface area (Å²) in [6, 6.07) is 9.84. The van der Waals surface area contributed by atoms with Crippen LogP contribution in [0, 0.1) is 12.8 Å². The van der Waals surface area contributed by atoms with Crippen LogP contribution in [0.25, 0.3) is 5.69 Å². The molecule has 0 spiro atoms. The van der Waals surface area contributed by atoms with Gasteiger partial charge in [-0.2, -0.15) is 13.2 Å². The van der Waals surface area contributed by atoms with Crippen LogP contribution in [0.4, 0.5) is 13.2 Å². The molecule has 1 aliphatic rings. The van der Waals surface area contributed by atoms with Crippen LogP contribution in [0.2, 0.25) is 0 Å². The van der Waals surface area contributed by atoms with Crippen molar-refractivity contribution in [1.82, 2.24) is 14.9 Å². The highest BCUT2D eigenvalue weighted by atomic mass is 19.4. The average Bonchev–Trinajstić information content (AvgIpc) is 2.87. The van der Waals surface area contributed by atoms with Crippen molar-refractivity contribution in [3.05, 3.63) is 105 Å². The Balaban J connectivity index is 1.88. The molecule has 1 aromatic carbocycles. The number of rotatable bonds is 6. The maximum absolute atomic E-state index is 13.8. The van der Waals surface area contributed by atoms with Crippen LogP contribution in [-0.2, 0) is 17.5 Å². The predicted octanol–water partition coefficient (Wildman–Crippen LogP) is 3.27. The average molecular weight is 509 g/mol. The van der Waals surface area contributed by atoms with Gasteiger partial charge in [0, 0.05) is 23.8 Å². The maximum Gasteiger partial charge on any atom is 0.416 e. The van der Waals surface area contributed by atoms with Crippen molar-refractivity contribution in [3.63, 3.8) is 0 Å². The fraction of sp³-hybridized carbons (Fsp3) is 0.192. The highest BCUT2D eigenvalue weighted by Gasteiger charge is 2.34. The Kier molecular flexibility index (Phi) is 7.05. The molecular formula is C26H22F3N5O3. The summed E-state index contributed by atoms with van der Waals surface area (Å²) in [5.74, 6) is -2.44. The lowest BCUT2D eigenvalue weighted by molar-refractivity contribution is -0.137. The number of amides is 2. The fourth-order valence-electron chi connectivity index (χ4n) is 4.16. The standard InChI is InChI=1S/C26H22F3N5O3/c1-15-12-20(22-19(23(30)35)9-5-11-32-22)21(24(36)33-14-17-7-2-3-10-31-17)25(37)34(15)18-8-4-6-16(13-18)26(27,28)29/h2-13,19,22H,14H2,1H3,(H2,30,35)(H,33,36). The number of nitrogens with two attached hydrogens (primary N) is 1. The van der Waals surface area contributed by atoms with E-state index in [4.69, 9.17) is 5.73 Å². The van der Waals surface area contributed by atoms with Crippen LogP contribution in [0.15, 0.2) is 76.7 Å². The number of alkyl halides is 3. The number of allylic oxidation sites excluding steroid dienone is 1. The van der Waals surface area contributed by atoms with Crippen molar-refractivity contribution in [3.8, 4) is 5.69 Å². The number of nitrogens with one attached hydrogen (secondary N) is 1. The number of benzene rings is 1. The molecule has 2 unspecified atom stereocenters. The zero-order valence-corrected chi connectivity index (χ0v) is 19.6. The zero-order valence-electron chi connectivity index (χ0n) is 19.6. The molecule has 1 aliphatic heterocycles. The monoisotopic (exact) mass is 509 g/mol. The van der Waals surface area contributed by atoms with Crippen molar-refractivity contribution >= 4 is 18.0 Å². The lowest BCUT2D eigenvalue weighted by atomic mass is 9.88. The van der Waals surface area contributed by atoms with E-state index in [2.05, 4.69) is 15.3 Å². The number of aromatic nitrogens is 2. The van der Waals surface area contributed by atoms with E-state index in [1.165, 1.54) is 43.5 Å². The molecule has 37 heavy (non-hydrogen) atoms. The van der Waals surface area contributed by atoms with E-state index in [9.17, 15) is 27.6 Å². The van der Waals surface area contributed by atoms with E-state index in [0.717, 1.165) is 16.7 Å². The largest absolute Gasteiger partial charge is 0.416 e. The Labute approximate surface area is 209 Å². The summed E-state index contributed by atoms with van der Waals surface area (Å²) in [7, 11) is 0. The molecule has 0 aliphatic carbocycles. The van der Waals surface area contributed by atoms with Gasteiger partial charge in [0.2, 0.25) is 5.91 Å². The van der Waals surface area contributed by atoms with Crippen molar-refractivity contribution in [2.75, 3.05) is 0 Å². The van der Waals surface area contributed by atoms with Gasteiger partial charge in [0.25, 0.3) is 11.5 Å². The van der Waals surface area contributed by atoms with Crippen molar-refractivity contribution < 1.29 is 22.8 Å². The minimum absolute atomic E-state index is 0.0108. The number of aryl methyl sites for hydroxylation is 1. The number of primary amides is 1. The summed E-state index contributed by atoms with van der Waals surface area (Å²) in [4.78, 5) is 47.7. The number of dihydropyridines is 1. The second kappa shape index (κ2) is 10.2. The van der Waals surface area contributed by atoms with E-state index in [0.29, 0.717) is 5.69 Å². The van der Waals surface area contributed by atoms with Gasteiger partial charge in [0.05, 0.1) is 29.8 Å². The molecule has 0 bridgehead atoms. The van der Waals surface area contributed by atoms with Gasteiger partial charge in [-0.25, -0.2) is 0 Å². The van der Waals surface area contributed by atoms with E-state index in [1.807, 2.05) is 0 Å². The lowest BCUT2D eigenvalue weighted by Gasteiger charge is -2.25. The number of nitrogens with zero attached hydrogens (tertiary/aromatic N) is 3. The molecule has 0 fully saturated rings. The SMILES string of the molecule is Cc1cc(C2N=CC=CC2C(N)=O)c(C(=O)NCc2ccccn2)c(=O)n1-c1cccc(C(F)(F)F)c1. The van der Waals surface area contributed by atoms with E-state index < -0.39 is 41.1 Å². The molecule has 2 amide bonds. The van der Waals surface area contributed by atoms with Crippen molar-refractivity contribution in [2.45, 2.75) is 25.7 Å². The lowest BCUT2D eigenvalue weighted by Crippen LogP contribution is -2.37. The summed E-state index contributed by atoms with van der Waals surface area (Å²) < 4.78 is 41.1. The van der Waals surface area contributed by atoms with Gasteiger partial charge in [0.15, 0.2) is 0 Å². The summed E-state index contributed by atoms with van der Waals surface area (Å²) in [6.45, 7) is 1.51. The quantitative estimate of drug-likeness (QED) is 0.530. The van der Waals surface area contributed by atoms with Crippen molar-refractivity contribution in [1.29, 1.82) is 0 Å². The van der Waals surface area contributed by atoms with Crippen LogP contribution in [0.3, 0.4) is 0 Å². The highest BCUT2D eigenvalue weighted by molar-refractivity contribution is 5.96. The summed E-state index contributed by atoms with van der Waals surface area (Å²) in [5.41, 5.74) is 4.21. The summed E-state index contributed by atoms with van der Waals surface area (Å²) in [5, 5.41) is 2.63. The van der Waals surface area contributed by atoms with Gasteiger partial charge in [-0.3, -0.25) is 28.9 Å². The minimum Gasteiger partial charge on any atom is -0.369 e. The van der Waals surface area contributed by atoms with Gasteiger partial charge < -0.3 is 11.1 Å². The molecule has 190 valence electrons. The van der Waals surface area contributed by atoms with E-state index >= 15 is 0 Å². The molecule has 3 heterocycles. The molecule has 0 saturated carbocycles. The minimum atomic E-state index is -4.63. The number of aliphatic imine (C=N–C) groups is 1. The van der Waals surface area contributed by atoms with Crippen LogP contribution in [-0.4, -0.2) is 27.6 Å². The highest BCUT2D eigenvalue weighted by Crippen LogP contribution is 2.33. The summed E-state index contributed by atoms with van der Waals surface area (Å²) in [6.07, 6.45) is 1.38. The Bertz CT molecular complexity index is 1460. The normalized spacial score (nSPS) is 17.0. The third kappa shape index (κ3) is 5.35. The number of hydrogen-bond acceptors (Lipinski definition) is 5. The van der Waals surface area contributed by atoms with Crippen LogP contribution >= 0.6 is 0 Å². The van der Waals surface area contributed by atoms with Crippen molar-refractivity contribution in [2.24, 2.45) is 16.6 Å². The molecule has 2 aromatic heterocycles. The third-order valence-electron chi connectivity index (χ3n) is 5.88. The first kappa shape index (κ1) is 25.5. The van der Waals surface area contributed by atoms with Crippen LogP contribution in [0.5, 0.6) is 0 Å². The zero-order chi connectivity index (χ0) is 26.7. The number of halogens is 3. The first-order chi connectivity index (χ1) is 17.6. The number of pyridine rings is 2. The van der Waals surface area contributed by atoms with Gasteiger partial charge >= 0.3 is 6.18 Å². The van der Waals surface area contributed by atoms with Crippen LogP contribution < -0.4 is 16.6 Å². The number of carbonyl (C=O) groups is 2. The molecule has 8 nitrogen and oxygen atoms in total. The van der Waals surface area contributed by atoms with Crippen LogP contribution in [0.1, 0.15) is 38.9 Å². The first-order valence-electron chi connectivity index (χ1n) is 11.2. The Morgan fingerprint density at radius 2 is 1.92 bits per heavy atom.